The number of amides is 1. The fraction of sp³-hybridized carbons (Fsp3) is 0.152. The van der Waals surface area contributed by atoms with Gasteiger partial charge in [0.15, 0.2) is 4.96 Å². The second kappa shape index (κ2) is 12.6. The summed E-state index contributed by atoms with van der Waals surface area (Å²) in [5.74, 6) is 1.55. The molecule has 0 bridgehead atoms. The van der Waals surface area contributed by atoms with E-state index >= 15 is 0 Å². The minimum Gasteiger partial charge on any atom is -0.497 e. The van der Waals surface area contributed by atoms with E-state index in [4.69, 9.17) is 24.2 Å². The Hall–Kier alpha value is -5.46. The molecular weight excluding hydrogens is 590 g/mol. The Bertz CT molecular complexity index is 1930. The van der Waals surface area contributed by atoms with Crippen molar-refractivity contribution in [2.45, 2.75) is 0 Å². The van der Waals surface area contributed by atoms with Crippen LogP contribution in [0.25, 0.3) is 27.6 Å². The average Bonchev–Trinajstić information content (AvgIpc) is 3.68. The van der Waals surface area contributed by atoms with E-state index in [2.05, 4.69) is 32.7 Å². The summed E-state index contributed by atoms with van der Waals surface area (Å²) < 4.78 is 18.1. The largest absolute Gasteiger partial charge is 0.497 e. The van der Waals surface area contributed by atoms with Crippen LogP contribution in [-0.2, 0) is 4.74 Å². The summed E-state index contributed by atoms with van der Waals surface area (Å²) in [6, 6.07) is 24.4. The fourth-order valence-electron chi connectivity index (χ4n) is 5.13. The Labute approximate surface area is 263 Å². The highest BCUT2D eigenvalue weighted by Gasteiger charge is 2.19. The molecule has 11 nitrogen and oxygen atoms in total. The van der Waals surface area contributed by atoms with E-state index in [-0.39, 0.29) is 0 Å². The van der Waals surface area contributed by atoms with Crippen LogP contribution in [0.4, 0.5) is 27.8 Å². The lowest BCUT2D eigenvalue weighted by Gasteiger charge is -2.28. The van der Waals surface area contributed by atoms with Gasteiger partial charge in [-0.15, -0.1) is 11.3 Å². The van der Waals surface area contributed by atoms with Crippen molar-refractivity contribution in [2.24, 2.45) is 0 Å². The Morgan fingerprint density at radius 3 is 2.53 bits per heavy atom. The summed E-state index contributed by atoms with van der Waals surface area (Å²) in [5, 5.41) is 8.13. The maximum absolute atomic E-state index is 12.6. The maximum Gasteiger partial charge on any atom is 0.417 e. The fourth-order valence-corrected chi connectivity index (χ4v) is 5.84. The number of hydrogen-bond acceptors (Lipinski definition) is 10. The van der Waals surface area contributed by atoms with Gasteiger partial charge in [0.25, 0.3) is 0 Å². The number of morpholine rings is 1. The zero-order valence-corrected chi connectivity index (χ0v) is 25.2. The van der Waals surface area contributed by atoms with Crippen molar-refractivity contribution in [3.05, 3.63) is 96.6 Å². The molecular formula is C33H29N7O4S. The van der Waals surface area contributed by atoms with Crippen LogP contribution in [0, 0.1) is 0 Å². The van der Waals surface area contributed by atoms with Gasteiger partial charge in [-0.2, -0.15) is 0 Å². The van der Waals surface area contributed by atoms with Gasteiger partial charge in [-0.1, -0.05) is 12.1 Å². The van der Waals surface area contributed by atoms with Crippen molar-refractivity contribution in [3.8, 4) is 34.1 Å². The van der Waals surface area contributed by atoms with Crippen molar-refractivity contribution < 1.29 is 19.0 Å². The van der Waals surface area contributed by atoms with Crippen LogP contribution < -0.4 is 25.0 Å². The normalized spacial score (nSPS) is 13.0. The molecule has 1 saturated heterocycles. The summed E-state index contributed by atoms with van der Waals surface area (Å²) in [7, 11) is 1.58. The summed E-state index contributed by atoms with van der Waals surface area (Å²) in [6.07, 6.45) is 3.10. The highest BCUT2D eigenvalue weighted by Crippen LogP contribution is 2.35. The highest BCUT2D eigenvalue weighted by atomic mass is 32.1. The SMILES string of the molecule is COc1ccc(OC(=O)Nc2cccc(-c3nc4sccn4c3-c3ccnc(Nc4ccc(N5CCOCC5)cc4)n3)c2)cc1. The number of ether oxygens (including phenoxy) is 3. The maximum atomic E-state index is 12.6. The van der Waals surface area contributed by atoms with E-state index in [1.807, 2.05) is 52.4 Å². The molecule has 0 aliphatic carbocycles. The minimum atomic E-state index is -0.604. The third-order valence-corrected chi connectivity index (χ3v) is 8.07. The number of carbonyl (C=O) groups is 1. The summed E-state index contributed by atoms with van der Waals surface area (Å²) >= 11 is 1.53. The summed E-state index contributed by atoms with van der Waals surface area (Å²) in [5.41, 5.74) is 5.68. The van der Waals surface area contributed by atoms with Crippen molar-refractivity contribution in [1.82, 2.24) is 19.4 Å². The molecule has 1 fully saturated rings. The quantitative estimate of drug-likeness (QED) is 0.192. The van der Waals surface area contributed by atoms with E-state index in [9.17, 15) is 4.79 Å². The number of nitrogens with one attached hydrogen (secondary N) is 2. The Morgan fingerprint density at radius 1 is 0.933 bits per heavy atom. The molecule has 3 aromatic carbocycles. The number of benzene rings is 3. The van der Waals surface area contributed by atoms with Crippen molar-refractivity contribution in [1.29, 1.82) is 0 Å². The molecule has 0 atom stereocenters. The highest BCUT2D eigenvalue weighted by molar-refractivity contribution is 7.15. The zero-order chi connectivity index (χ0) is 30.6. The van der Waals surface area contributed by atoms with Crippen molar-refractivity contribution in [3.63, 3.8) is 0 Å². The first-order chi connectivity index (χ1) is 22.1. The van der Waals surface area contributed by atoms with Crippen molar-refractivity contribution in [2.75, 3.05) is 48.9 Å². The number of methoxy groups -OCH3 is 1. The number of aromatic nitrogens is 4. The lowest BCUT2D eigenvalue weighted by atomic mass is 10.1. The Balaban J connectivity index is 1.12. The molecule has 4 heterocycles. The molecule has 3 aromatic heterocycles. The summed E-state index contributed by atoms with van der Waals surface area (Å²) in [4.78, 5) is 30.0. The number of rotatable bonds is 8. The monoisotopic (exact) mass is 619 g/mol. The van der Waals surface area contributed by atoms with Crippen LogP contribution in [0.2, 0.25) is 0 Å². The van der Waals surface area contributed by atoms with E-state index < -0.39 is 6.09 Å². The third kappa shape index (κ3) is 6.28. The van der Waals surface area contributed by atoms with Gasteiger partial charge in [-0.25, -0.2) is 19.7 Å². The standard InChI is InChI=1S/C33H29N7O4S/c1-42-26-9-11-27(12-10-26)44-33(41)36-24-4-2-3-22(21-24)29-30(40-17-20-45-32(40)38-29)28-13-14-34-31(37-28)35-23-5-7-25(8-6-23)39-15-18-43-19-16-39/h2-14,17,20-21H,15-16,18-19H2,1H3,(H,36,41)(H,34,35,37). The second-order valence-electron chi connectivity index (χ2n) is 10.2. The van der Waals surface area contributed by atoms with E-state index in [1.54, 1.807) is 43.6 Å². The van der Waals surface area contributed by atoms with Gasteiger partial charge in [-0.05, 0) is 66.7 Å². The van der Waals surface area contributed by atoms with Gasteiger partial charge >= 0.3 is 6.09 Å². The van der Waals surface area contributed by atoms with E-state index in [1.165, 1.54) is 11.3 Å². The predicted molar refractivity (Wildman–Crippen MR) is 175 cm³/mol. The number of thiazole rings is 1. The number of nitrogens with zero attached hydrogens (tertiary/aromatic N) is 5. The molecule has 45 heavy (non-hydrogen) atoms. The topological polar surface area (TPSA) is 115 Å². The molecule has 0 saturated carbocycles. The molecule has 1 aliphatic heterocycles. The van der Waals surface area contributed by atoms with Gasteiger partial charge in [0, 0.05) is 53.5 Å². The molecule has 226 valence electrons. The van der Waals surface area contributed by atoms with Crippen molar-refractivity contribution >= 4 is 45.4 Å². The average molecular weight is 620 g/mol. The van der Waals surface area contributed by atoms with Gasteiger partial charge in [0.05, 0.1) is 31.7 Å². The molecule has 6 aromatic rings. The molecule has 12 heteroatoms. The molecule has 7 rings (SSSR count). The zero-order valence-electron chi connectivity index (χ0n) is 24.3. The first-order valence-electron chi connectivity index (χ1n) is 14.3. The van der Waals surface area contributed by atoms with Crippen LogP contribution in [0.5, 0.6) is 11.5 Å². The Morgan fingerprint density at radius 2 is 1.73 bits per heavy atom. The van der Waals surface area contributed by atoms with Gasteiger partial charge in [0.1, 0.15) is 17.2 Å². The predicted octanol–water partition coefficient (Wildman–Crippen LogP) is 6.72. The van der Waals surface area contributed by atoms with Crippen LogP contribution in [0.15, 0.2) is 96.6 Å². The van der Waals surface area contributed by atoms with Crippen LogP contribution >= 0.6 is 11.3 Å². The Kier molecular flexibility index (Phi) is 7.96. The molecule has 0 radical (unpaired) electrons. The van der Waals surface area contributed by atoms with E-state index in [0.717, 1.165) is 59.6 Å². The number of hydrogen-bond donors (Lipinski definition) is 2. The van der Waals surface area contributed by atoms with Gasteiger partial charge in [-0.3, -0.25) is 9.72 Å². The lowest BCUT2D eigenvalue weighted by molar-refractivity contribution is 0.122. The minimum absolute atomic E-state index is 0.405. The summed E-state index contributed by atoms with van der Waals surface area (Å²) in [6.45, 7) is 3.25. The lowest BCUT2D eigenvalue weighted by Crippen LogP contribution is -2.36. The number of carbonyl (C=O) groups excluding carboxylic acids is 1. The van der Waals surface area contributed by atoms with Gasteiger partial charge < -0.3 is 24.4 Å². The smallest absolute Gasteiger partial charge is 0.417 e. The first kappa shape index (κ1) is 28.3. The van der Waals surface area contributed by atoms with Crippen LogP contribution in [0.3, 0.4) is 0 Å². The molecule has 1 amide bonds. The number of anilines is 4. The molecule has 2 N–H and O–H groups in total. The molecule has 0 unspecified atom stereocenters. The van der Waals surface area contributed by atoms with E-state index in [0.29, 0.717) is 28.8 Å². The number of imidazole rings is 1. The molecule has 1 aliphatic rings. The first-order valence-corrected chi connectivity index (χ1v) is 15.2. The van der Waals surface area contributed by atoms with Crippen LogP contribution in [-0.4, -0.2) is 58.9 Å². The number of fused-ring (bicyclic) bond motifs is 1. The van der Waals surface area contributed by atoms with Crippen LogP contribution in [0.1, 0.15) is 0 Å². The van der Waals surface area contributed by atoms with Gasteiger partial charge in [0.2, 0.25) is 5.95 Å². The third-order valence-electron chi connectivity index (χ3n) is 7.31. The molecule has 0 spiro atoms. The second-order valence-corrected chi connectivity index (χ2v) is 11.0.